The van der Waals surface area contributed by atoms with E-state index in [-0.39, 0.29) is 5.91 Å². The minimum Gasteiger partial charge on any atom is -0.336 e. The normalized spacial score (nSPS) is 21.9. The number of anilines is 1. The van der Waals surface area contributed by atoms with Crippen molar-refractivity contribution in [1.82, 2.24) is 0 Å². The fraction of sp³-hybridized carbons (Fsp3) is 0.417. The number of fused-ring (bicyclic) bond motifs is 2. The van der Waals surface area contributed by atoms with Gasteiger partial charge in [-0.15, -0.1) is 0 Å². The molecule has 16 heavy (non-hydrogen) atoms. The van der Waals surface area contributed by atoms with Gasteiger partial charge in [0.05, 0.1) is 18.9 Å². The minimum absolute atomic E-state index is 0.130. The van der Waals surface area contributed by atoms with Crippen LogP contribution in [-0.2, 0) is 20.1 Å². The highest BCUT2D eigenvalue weighted by Crippen LogP contribution is 2.46. The zero-order valence-electron chi connectivity index (χ0n) is 9.32. The summed E-state index contributed by atoms with van der Waals surface area (Å²) in [7, 11) is 1.76. The summed E-state index contributed by atoms with van der Waals surface area (Å²) in [5.74, 6) is -1.30. The van der Waals surface area contributed by atoms with Crippen molar-refractivity contribution in [3.8, 4) is 0 Å². The van der Waals surface area contributed by atoms with Crippen LogP contribution in [0.4, 0.5) is 5.69 Å². The van der Waals surface area contributed by atoms with Gasteiger partial charge in [-0.1, -0.05) is 18.2 Å². The van der Waals surface area contributed by atoms with E-state index in [1.54, 1.807) is 11.9 Å². The van der Waals surface area contributed by atoms with Gasteiger partial charge in [-0.2, -0.15) is 0 Å². The lowest BCUT2D eigenvalue weighted by atomic mass is 10.0. The number of hydrogen-bond acceptors (Lipinski definition) is 3. The van der Waals surface area contributed by atoms with Crippen LogP contribution in [0.25, 0.3) is 0 Å². The molecule has 0 radical (unpaired) electrons. The van der Waals surface area contributed by atoms with Crippen molar-refractivity contribution < 1.29 is 14.3 Å². The largest absolute Gasteiger partial charge is 0.336 e. The number of nitrogens with zero attached hydrogens (tertiary/aromatic N) is 1. The van der Waals surface area contributed by atoms with Crippen molar-refractivity contribution in [3.63, 3.8) is 0 Å². The first kappa shape index (κ1) is 9.81. The molecule has 1 aromatic carbocycles. The van der Waals surface area contributed by atoms with Crippen LogP contribution in [0, 0.1) is 6.92 Å². The highest BCUT2D eigenvalue weighted by Gasteiger charge is 2.55. The Morgan fingerprint density at radius 3 is 2.69 bits per heavy atom. The molecule has 2 heterocycles. The third-order valence-corrected chi connectivity index (χ3v) is 3.21. The molecule has 0 aromatic heterocycles. The van der Waals surface area contributed by atoms with Gasteiger partial charge >= 0.3 is 0 Å². The fourth-order valence-electron chi connectivity index (χ4n) is 2.50. The molecular formula is C12H13NO3. The first-order valence-corrected chi connectivity index (χ1v) is 5.33. The molecule has 1 amide bonds. The number of ether oxygens (including phenoxy) is 2. The summed E-state index contributed by atoms with van der Waals surface area (Å²) >= 11 is 0. The predicted octanol–water partition coefficient (Wildman–Crippen LogP) is 1.17. The summed E-state index contributed by atoms with van der Waals surface area (Å²) in [5.41, 5.74) is 2.80. The van der Waals surface area contributed by atoms with Gasteiger partial charge in [0.1, 0.15) is 0 Å². The number of amides is 1. The second-order valence-electron chi connectivity index (χ2n) is 4.15. The Morgan fingerprint density at radius 1 is 1.31 bits per heavy atom. The lowest BCUT2D eigenvalue weighted by Crippen LogP contribution is -2.39. The molecule has 0 N–H and O–H groups in total. The molecule has 4 heteroatoms. The van der Waals surface area contributed by atoms with Gasteiger partial charge in [0.15, 0.2) is 0 Å². The number of benzene rings is 1. The topological polar surface area (TPSA) is 38.8 Å². The Bertz CT molecular complexity index is 463. The third-order valence-electron chi connectivity index (χ3n) is 3.21. The van der Waals surface area contributed by atoms with Gasteiger partial charge in [-0.05, 0) is 12.5 Å². The molecule has 1 fully saturated rings. The highest BCUT2D eigenvalue weighted by atomic mass is 16.7. The number of carbonyl (C=O) groups is 1. The molecule has 3 rings (SSSR count). The summed E-state index contributed by atoms with van der Waals surface area (Å²) in [6, 6.07) is 5.80. The van der Waals surface area contributed by atoms with Gasteiger partial charge in [0.2, 0.25) is 0 Å². The molecule has 0 saturated carbocycles. The average molecular weight is 219 g/mol. The Hall–Kier alpha value is -1.39. The van der Waals surface area contributed by atoms with Crippen LogP contribution in [0.15, 0.2) is 18.2 Å². The molecule has 1 spiro atoms. The van der Waals surface area contributed by atoms with E-state index in [0.29, 0.717) is 13.2 Å². The maximum atomic E-state index is 12.2. The number of carbonyl (C=O) groups excluding carboxylic acids is 1. The summed E-state index contributed by atoms with van der Waals surface area (Å²) < 4.78 is 11.1. The van der Waals surface area contributed by atoms with E-state index >= 15 is 0 Å². The first-order valence-electron chi connectivity index (χ1n) is 5.33. The molecule has 1 saturated heterocycles. The van der Waals surface area contributed by atoms with Crippen molar-refractivity contribution in [2.45, 2.75) is 12.7 Å². The quantitative estimate of drug-likeness (QED) is 0.657. The van der Waals surface area contributed by atoms with Crippen LogP contribution >= 0.6 is 0 Å². The number of hydrogen-bond donors (Lipinski definition) is 0. The van der Waals surface area contributed by atoms with E-state index in [9.17, 15) is 4.79 Å². The average Bonchev–Trinajstić information content (AvgIpc) is 2.83. The molecule has 0 atom stereocenters. The van der Waals surface area contributed by atoms with E-state index in [1.807, 2.05) is 25.1 Å². The van der Waals surface area contributed by atoms with Gasteiger partial charge in [-0.3, -0.25) is 4.79 Å². The van der Waals surface area contributed by atoms with Gasteiger partial charge in [0, 0.05) is 12.6 Å². The number of likely N-dealkylation sites (N-methyl/N-ethyl adjacent to an activating group) is 1. The lowest BCUT2D eigenvalue weighted by molar-refractivity contribution is -0.180. The number of aryl methyl sites for hydroxylation is 1. The van der Waals surface area contributed by atoms with Crippen LogP contribution in [-0.4, -0.2) is 26.2 Å². The SMILES string of the molecule is Cc1cccc2c1N(C)C(=O)C21OCCO1. The van der Waals surface area contributed by atoms with E-state index in [1.165, 1.54) is 0 Å². The maximum Gasteiger partial charge on any atom is 0.292 e. The van der Waals surface area contributed by atoms with Crippen LogP contribution in [0.2, 0.25) is 0 Å². The molecule has 2 aliphatic rings. The van der Waals surface area contributed by atoms with E-state index in [4.69, 9.17) is 9.47 Å². The monoisotopic (exact) mass is 219 g/mol. The third kappa shape index (κ3) is 0.982. The predicted molar refractivity (Wildman–Crippen MR) is 58.2 cm³/mol. The zero-order chi connectivity index (χ0) is 11.3. The fourth-order valence-corrected chi connectivity index (χ4v) is 2.50. The van der Waals surface area contributed by atoms with Crippen molar-refractivity contribution in [3.05, 3.63) is 29.3 Å². The van der Waals surface area contributed by atoms with Crippen LogP contribution in [0.5, 0.6) is 0 Å². The van der Waals surface area contributed by atoms with E-state index in [2.05, 4.69) is 0 Å². The standard InChI is InChI=1S/C12H13NO3/c1-8-4-3-5-9-10(8)13(2)11(14)12(9)15-6-7-16-12/h3-5H,6-7H2,1-2H3. The Morgan fingerprint density at radius 2 is 2.00 bits per heavy atom. The van der Waals surface area contributed by atoms with E-state index < -0.39 is 5.79 Å². The molecular weight excluding hydrogens is 206 g/mol. The molecule has 0 aliphatic carbocycles. The molecule has 0 bridgehead atoms. The smallest absolute Gasteiger partial charge is 0.292 e. The Kier molecular flexibility index (Phi) is 1.87. The lowest BCUT2D eigenvalue weighted by Gasteiger charge is -2.20. The Balaban J connectivity index is 2.26. The summed E-state index contributed by atoms with van der Waals surface area (Å²) in [6.07, 6.45) is 0. The second kappa shape index (κ2) is 3.06. The molecule has 4 nitrogen and oxygen atoms in total. The number of rotatable bonds is 0. The van der Waals surface area contributed by atoms with Crippen molar-refractivity contribution in [2.75, 3.05) is 25.2 Å². The molecule has 2 aliphatic heterocycles. The van der Waals surface area contributed by atoms with Crippen molar-refractivity contribution in [2.24, 2.45) is 0 Å². The summed E-state index contributed by atoms with van der Waals surface area (Å²) in [5, 5.41) is 0. The van der Waals surface area contributed by atoms with Crippen molar-refractivity contribution >= 4 is 11.6 Å². The van der Waals surface area contributed by atoms with Gasteiger partial charge < -0.3 is 14.4 Å². The van der Waals surface area contributed by atoms with Crippen molar-refractivity contribution in [1.29, 1.82) is 0 Å². The second-order valence-corrected chi connectivity index (χ2v) is 4.15. The maximum absolute atomic E-state index is 12.2. The molecule has 0 unspecified atom stereocenters. The summed E-state index contributed by atoms with van der Waals surface area (Å²) in [4.78, 5) is 13.8. The minimum atomic E-state index is -1.17. The molecule has 1 aromatic rings. The first-order chi connectivity index (χ1) is 7.67. The van der Waals surface area contributed by atoms with Gasteiger partial charge in [-0.25, -0.2) is 0 Å². The Labute approximate surface area is 93.8 Å². The summed E-state index contributed by atoms with van der Waals surface area (Å²) in [6.45, 7) is 2.91. The highest BCUT2D eigenvalue weighted by molar-refractivity contribution is 6.06. The van der Waals surface area contributed by atoms with Crippen LogP contribution in [0.3, 0.4) is 0 Å². The zero-order valence-corrected chi connectivity index (χ0v) is 9.32. The van der Waals surface area contributed by atoms with Crippen LogP contribution < -0.4 is 4.90 Å². The number of para-hydroxylation sites is 1. The van der Waals surface area contributed by atoms with Crippen LogP contribution in [0.1, 0.15) is 11.1 Å². The van der Waals surface area contributed by atoms with E-state index in [0.717, 1.165) is 16.8 Å². The molecule has 84 valence electrons. The van der Waals surface area contributed by atoms with Gasteiger partial charge in [0.25, 0.3) is 11.7 Å².